The van der Waals surface area contributed by atoms with Crippen LogP contribution in [-0.4, -0.2) is 16.8 Å². The van der Waals surface area contributed by atoms with Crippen LogP contribution in [0.3, 0.4) is 0 Å². The molecule has 1 aromatic heterocycles. The lowest BCUT2D eigenvalue weighted by molar-refractivity contribution is 0.102. The summed E-state index contributed by atoms with van der Waals surface area (Å²) in [7, 11) is 0. The van der Waals surface area contributed by atoms with E-state index in [9.17, 15) is 9.59 Å². The first-order valence-electron chi connectivity index (χ1n) is 7.43. The molecule has 0 unspecified atom stereocenters. The van der Waals surface area contributed by atoms with Gasteiger partial charge in [0.1, 0.15) is 4.88 Å². The lowest BCUT2D eigenvalue weighted by atomic mass is 10.2. The largest absolute Gasteiger partial charge is 0.321 e. The predicted molar refractivity (Wildman–Crippen MR) is 103 cm³/mol. The fourth-order valence-corrected chi connectivity index (χ4v) is 3.26. The van der Waals surface area contributed by atoms with Crippen molar-refractivity contribution in [2.45, 2.75) is 6.92 Å². The quantitative estimate of drug-likeness (QED) is 0.647. The van der Waals surface area contributed by atoms with Crippen LogP contribution in [0.4, 0.5) is 10.8 Å². The number of aromatic nitrogens is 1. The standard InChI is InChI=1S/C18H14BrN3O2S/c1-11-15(17(24)21-14-9-7-13(19)8-10-14)25-18(20-11)22-16(23)12-5-3-2-4-6-12/h2-10H,1H3,(H,21,24)(H,20,22,23). The molecule has 0 saturated carbocycles. The van der Waals surface area contributed by atoms with E-state index in [4.69, 9.17) is 0 Å². The Labute approximate surface area is 157 Å². The summed E-state index contributed by atoms with van der Waals surface area (Å²) >= 11 is 4.50. The fraction of sp³-hybridized carbons (Fsp3) is 0.0556. The number of halogens is 1. The van der Waals surface area contributed by atoms with Gasteiger partial charge in [0, 0.05) is 15.7 Å². The summed E-state index contributed by atoms with van der Waals surface area (Å²) in [4.78, 5) is 29.3. The minimum atomic E-state index is -0.255. The second-order valence-corrected chi connectivity index (χ2v) is 7.13. The molecule has 3 aromatic rings. The van der Waals surface area contributed by atoms with Gasteiger partial charge in [0.25, 0.3) is 11.8 Å². The predicted octanol–water partition coefficient (Wildman–Crippen LogP) is 4.72. The van der Waals surface area contributed by atoms with Crippen molar-refractivity contribution in [3.63, 3.8) is 0 Å². The van der Waals surface area contributed by atoms with Gasteiger partial charge < -0.3 is 5.32 Å². The van der Waals surface area contributed by atoms with Gasteiger partial charge in [-0.15, -0.1) is 0 Å². The first kappa shape index (κ1) is 17.3. The number of anilines is 2. The summed E-state index contributed by atoms with van der Waals surface area (Å²) in [5, 5.41) is 5.95. The Morgan fingerprint density at radius 2 is 1.64 bits per heavy atom. The van der Waals surface area contributed by atoms with Gasteiger partial charge in [-0.25, -0.2) is 4.98 Å². The normalized spacial score (nSPS) is 10.3. The molecule has 3 rings (SSSR count). The average molecular weight is 416 g/mol. The summed E-state index contributed by atoms with van der Waals surface area (Å²) in [6, 6.07) is 16.2. The van der Waals surface area contributed by atoms with Crippen LogP contribution in [0.25, 0.3) is 0 Å². The van der Waals surface area contributed by atoms with Crippen LogP contribution in [0, 0.1) is 6.92 Å². The second kappa shape index (κ2) is 7.58. The van der Waals surface area contributed by atoms with Gasteiger partial charge in [0.05, 0.1) is 5.69 Å². The van der Waals surface area contributed by atoms with Crippen molar-refractivity contribution in [2.75, 3.05) is 10.6 Å². The number of carbonyl (C=O) groups is 2. The first-order chi connectivity index (χ1) is 12.0. The lowest BCUT2D eigenvalue weighted by Crippen LogP contribution is -2.11. The molecular formula is C18H14BrN3O2S. The van der Waals surface area contributed by atoms with E-state index in [1.54, 1.807) is 43.3 Å². The van der Waals surface area contributed by atoms with E-state index in [2.05, 4.69) is 31.5 Å². The van der Waals surface area contributed by atoms with E-state index in [0.29, 0.717) is 27.0 Å². The minimum absolute atomic E-state index is 0.252. The molecule has 0 aliphatic heterocycles. The van der Waals surface area contributed by atoms with Gasteiger partial charge in [0.15, 0.2) is 5.13 Å². The summed E-state index contributed by atoms with van der Waals surface area (Å²) in [5.74, 6) is -0.508. The fourth-order valence-electron chi connectivity index (χ4n) is 2.14. The molecule has 126 valence electrons. The molecular weight excluding hydrogens is 402 g/mol. The Hall–Kier alpha value is -2.51. The third-order valence-electron chi connectivity index (χ3n) is 3.36. The SMILES string of the molecule is Cc1nc(NC(=O)c2ccccc2)sc1C(=O)Nc1ccc(Br)cc1. The van der Waals surface area contributed by atoms with Crippen LogP contribution in [0.2, 0.25) is 0 Å². The van der Waals surface area contributed by atoms with Gasteiger partial charge >= 0.3 is 0 Å². The van der Waals surface area contributed by atoms with Crippen molar-refractivity contribution < 1.29 is 9.59 Å². The maximum Gasteiger partial charge on any atom is 0.267 e. The summed E-state index contributed by atoms with van der Waals surface area (Å²) < 4.78 is 0.936. The van der Waals surface area contributed by atoms with Crippen molar-refractivity contribution in [2.24, 2.45) is 0 Å². The van der Waals surface area contributed by atoms with E-state index >= 15 is 0 Å². The number of hydrogen-bond acceptors (Lipinski definition) is 4. The highest BCUT2D eigenvalue weighted by Gasteiger charge is 2.17. The molecule has 0 bridgehead atoms. The molecule has 0 aliphatic rings. The van der Waals surface area contributed by atoms with Gasteiger partial charge in [-0.2, -0.15) is 0 Å². The van der Waals surface area contributed by atoms with Crippen LogP contribution in [0.5, 0.6) is 0 Å². The number of carbonyl (C=O) groups excluding carboxylic acids is 2. The average Bonchev–Trinajstić information content (AvgIpc) is 2.98. The van der Waals surface area contributed by atoms with E-state index in [1.165, 1.54) is 0 Å². The molecule has 7 heteroatoms. The van der Waals surface area contributed by atoms with Gasteiger partial charge in [-0.3, -0.25) is 14.9 Å². The number of nitrogens with one attached hydrogen (secondary N) is 2. The highest BCUT2D eigenvalue weighted by atomic mass is 79.9. The zero-order valence-corrected chi connectivity index (χ0v) is 15.6. The first-order valence-corrected chi connectivity index (χ1v) is 9.04. The number of hydrogen-bond donors (Lipinski definition) is 2. The van der Waals surface area contributed by atoms with Crippen LogP contribution in [-0.2, 0) is 0 Å². The minimum Gasteiger partial charge on any atom is -0.321 e. The number of rotatable bonds is 4. The van der Waals surface area contributed by atoms with Crippen molar-refractivity contribution in [3.05, 3.63) is 75.2 Å². The third-order valence-corrected chi connectivity index (χ3v) is 4.96. The summed E-state index contributed by atoms with van der Waals surface area (Å²) in [6.45, 7) is 1.74. The Morgan fingerprint density at radius 1 is 0.960 bits per heavy atom. The van der Waals surface area contributed by atoms with Gasteiger partial charge in [-0.05, 0) is 43.3 Å². The smallest absolute Gasteiger partial charge is 0.267 e. The Balaban J connectivity index is 1.72. The van der Waals surface area contributed by atoms with Gasteiger partial charge in [0.2, 0.25) is 0 Å². The molecule has 2 amide bonds. The molecule has 25 heavy (non-hydrogen) atoms. The topological polar surface area (TPSA) is 71.1 Å². The van der Waals surface area contributed by atoms with E-state index < -0.39 is 0 Å². The summed E-state index contributed by atoms with van der Waals surface area (Å²) in [6.07, 6.45) is 0. The highest BCUT2D eigenvalue weighted by Crippen LogP contribution is 2.24. The van der Waals surface area contributed by atoms with Crippen molar-refractivity contribution in [1.82, 2.24) is 4.98 Å². The maximum atomic E-state index is 12.4. The van der Waals surface area contributed by atoms with E-state index in [-0.39, 0.29) is 11.8 Å². The van der Waals surface area contributed by atoms with Crippen molar-refractivity contribution in [3.8, 4) is 0 Å². The molecule has 5 nitrogen and oxygen atoms in total. The molecule has 2 aromatic carbocycles. The number of amides is 2. The molecule has 0 spiro atoms. The number of benzene rings is 2. The van der Waals surface area contributed by atoms with Gasteiger partial charge in [-0.1, -0.05) is 45.5 Å². The molecule has 1 heterocycles. The Bertz CT molecular complexity index is 908. The maximum absolute atomic E-state index is 12.4. The van der Waals surface area contributed by atoms with Crippen molar-refractivity contribution >= 4 is 49.9 Å². The Morgan fingerprint density at radius 3 is 2.32 bits per heavy atom. The monoisotopic (exact) mass is 415 g/mol. The molecule has 0 aliphatic carbocycles. The molecule has 0 saturated heterocycles. The highest BCUT2D eigenvalue weighted by molar-refractivity contribution is 9.10. The molecule has 0 radical (unpaired) electrons. The van der Waals surface area contributed by atoms with Crippen LogP contribution >= 0.6 is 27.3 Å². The molecule has 0 atom stereocenters. The molecule has 2 N–H and O–H groups in total. The Kier molecular flexibility index (Phi) is 5.25. The van der Waals surface area contributed by atoms with Crippen LogP contribution < -0.4 is 10.6 Å². The van der Waals surface area contributed by atoms with Crippen molar-refractivity contribution in [1.29, 1.82) is 0 Å². The lowest BCUT2D eigenvalue weighted by Gasteiger charge is -2.03. The number of nitrogens with zero attached hydrogens (tertiary/aromatic N) is 1. The van der Waals surface area contributed by atoms with Crippen LogP contribution in [0.1, 0.15) is 25.7 Å². The summed E-state index contributed by atoms with van der Waals surface area (Å²) in [5.41, 5.74) is 1.80. The zero-order chi connectivity index (χ0) is 17.8. The molecule has 0 fully saturated rings. The number of thiazole rings is 1. The second-order valence-electron chi connectivity index (χ2n) is 5.21. The zero-order valence-electron chi connectivity index (χ0n) is 13.2. The van der Waals surface area contributed by atoms with E-state index in [0.717, 1.165) is 15.8 Å². The van der Waals surface area contributed by atoms with Crippen LogP contribution in [0.15, 0.2) is 59.1 Å². The van der Waals surface area contributed by atoms with E-state index in [1.807, 2.05) is 18.2 Å². The number of aryl methyl sites for hydroxylation is 1. The third kappa shape index (κ3) is 4.32.